The van der Waals surface area contributed by atoms with Gasteiger partial charge >= 0.3 is 0 Å². The number of carbonyl (C=O) groups excluding carboxylic acids is 1. The summed E-state index contributed by atoms with van der Waals surface area (Å²) < 4.78 is 7.23. The Labute approximate surface area is 246 Å². The molecule has 1 fully saturated rings. The number of amides is 1. The summed E-state index contributed by atoms with van der Waals surface area (Å²) >= 11 is 7.65. The van der Waals surface area contributed by atoms with Gasteiger partial charge in [0.15, 0.2) is 11.5 Å². The summed E-state index contributed by atoms with van der Waals surface area (Å²) in [5, 5.41) is 15.2. The molecule has 3 heterocycles. The van der Waals surface area contributed by atoms with Gasteiger partial charge in [-0.15, -0.1) is 11.8 Å². The first-order valence-corrected chi connectivity index (χ1v) is 14.3. The number of aryl methyl sites for hydroxylation is 1. The fraction of sp³-hybridized carbons (Fsp3) is 0.161. The number of aromatic nitrogens is 4. The van der Waals surface area contributed by atoms with Crippen LogP contribution in [0.4, 0.5) is 5.95 Å². The van der Waals surface area contributed by atoms with Gasteiger partial charge in [-0.3, -0.25) is 9.69 Å². The summed E-state index contributed by atoms with van der Waals surface area (Å²) in [7, 11) is 1.49. The lowest BCUT2D eigenvalue weighted by Crippen LogP contribution is -2.30. The Morgan fingerprint density at radius 2 is 1.71 bits per heavy atom. The average molecular weight is 584 g/mol. The second kappa shape index (κ2) is 10.9. The van der Waals surface area contributed by atoms with Gasteiger partial charge < -0.3 is 9.84 Å². The van der Waals surface area contributed by atoms with E-state index < -0.39 is 5.37 Å². The molecule has 1 amide bonds. The Bertz CT molecular complexity index is 1760. The van der Waals surface area contributed by atoms with Crippen molar-refractivity contribution in [2.75, 3.05) is 17.8 Å². The molecular weight excluding hydrogens is 558 g/mol. The lowest BCUT2D eigenvalue weighted by atomic mass is 10.1. The summed E-state index contributed by atoms with van der Waals surface area (Å²) in [6.45, 7) is 3.96. The van der Waals surface area contributed by atoms with Crippen molar-refractivity contribution in [3.05, 3.63) is 101 Å². The van der Waals surface area contributed by atoms with Crippen LogP contribution in [0.5, 0.6) is 11.5 Å². The van der Waals surface area contributed by atoms with Crippen LogP contribution in [0.3, 0.4) is 0 Å². The Morgan fingerprint density at radius 1 is 0.976 bits per heavy atom. The molecule has 41 heavy (non-hydrogen) atoms. The second-order valence-electron chi connectivity index (χ2n) is 9.60. The standard InChI is InChI=1S/C31H26ClN5O3S/c1-18-29(19(2)37(35-18)23-7-5-4-6-8-23)25-16-24(20-9-12-22(32)13-10-20)33-31(34-25)36-28(39)17-41-30(36)21-11-14-26(38)27(15-21)40-3/h4-16,30,38H,17H2,1-3H3. The van der Waals surface area contributed by atoms with Gasteiger partial charge in [-0.1, -0.05) is 48.0 Å². The van der Waals surface area contributed by atoms with Gasteiger partial charge in [0.1, 0.15) is 5.37 Å². The van der Waals surface area contributed by atoms with E-state index in [-0.39, 0.29) is 23.4 Å². The van der Waals surface area contributed by atoms with E-state index in [1.165, 1.54) is 18.9 Å². The number of anilines is 1. The number of phenols is 1. The number of hydrogen-bond acceptors (Lipinski definition) is 7. The molecule has 0 bridgehead atoms. The van der Waals surface area contributed by atoms with Gasteiger partial charge in [0, 0.05) is 16.1 Å². The molecule has 2 aromatic heterocycles. The summed E-state index contributed by atoms with van der Waals surface area (Å²) in [4.78, 5) is 24.8. The third-order valence-electron chi connectivity index (χ3n) is 6.97. The van der Waals surface area contributed by atoms with E-state index in [0.717, 1.165) is 33.8 Å². The summed E-state index contributed by atoms with van der Waals surface area (Å²) in [5.74, 6) is 0.799. The molecule has 10 heteroatoms. The zero-order chi connectivity index (χ0) is 28.7. The van der Waals surface area contributed by atoms with E-state index in [2.05, 4.69) is 0 Å². The van der Waals surface area contributed by atoms with E-state index in [4.69, 9.17) is 31.4 Å². The van der Waals surface area contributed by atoms with Crippen LogP contribution >= 0.6 is 23.4 Å². The third kappa shape index (κ3) is 5.03. The molecule has 1 aliphatic rings. The number of phenolic OH excluding ortho intramolecular Hbond substituents is 1. The number of thioether (sulfide) groups is 1. The van der Waals surface area contributed by atoms with Gasteiger partial charge in [-0.2, -0.15) is 5.10 Å². The lowest BCUT2D eigenvalue weighted by molar-refractivity contribution is -0.115. The number of carbonyl (C=O) groups is 1. The monoisotopic (exact) mass is 583 g/mol. The van der Waals surface area contributed by atoms with Crippen molar-refractivity contribution in [2.24, 2.45) is 0 Å². The zero-order valence-corrected chi connectivity index (χ0v) is 24.1. The largest absolute Gasteiger partial charge is 0.504 e. The van der Waals surface area contributed by atoms with E-state index in [1.54, 1.807) is 23.1 Å². The number of benzene rings is 3. The third-order valence-corrected chi connectivity index (χ3v) is 8.44. The van der Waals surface area contributed by atoms with Crippen LogP contribution in [0.15, 0.2) is 78.9 Å². The Morgan fingerprint density at radius 3 is 2.44 bits per heavy atom. The van der Waals surface area contributed by atoms with E-state index in [1.807, 2.05) is 79.2 Å². The molecule has 0 radical (unpaired) electrons. The molecule has 0 saturated carbocycles. The van der Waals surface area contributed by atoms with Gasteiger partial charge in [-0.05, 0) is 61.9 Å². The summed E-state index contributed by atoms with van der Waals surface area (Å²) in [6, 6.07) is 24.3. The summed E-state index contributed by atoms with van der Waals surface area (Å²) in [6.07, 6.45) is 0. The summed E-state index contributed by atoms with van der Waals surface area (Å²) in [5.41, 5.74) is 6.48. The van der Waals surface area contributed by atoms with Crippen molar-refractivity contribution in [3.63, 3.8) is 0 Å². The molecule has 206 valence electrons. The molecule has 1 unspecified atom stereocenters. The highest BCUT2D eigenvalue weighted by Crippen LogP contribution is 2.44. The van der Waals surface area contributed by atoms with Gasteiger partial charge in [0.25, 0.3) is 0 Å². The molecule has 1 saturated heterocycles. The number of hydrogen-bond donors (Lipinski definition) is 1. The van der Waals surface area contributed by atoms with Crippen LogP contribution in [-0.2, 0) is 4.79 Å². The molecular formula is C31H26ClN5O3S. The van der Waals surface area contributed by atoms with Crippen LogP contribution in [0, 0.1) is 13.8 Å². The maximum atomic E-state index is 13.4. The second-order valence-corrected chi connectivity index (χ2v) is 11.1. The maximum Gasteiger partial charge on any atom is 0.240 e. The average Bonchev–Trinajstić information content (AvgIpc) is 3.52. The van der Waals surface area contributed by atoms with E-state index in [0.29, 0.717) is 22.2 Å². The SMILES string of the molecule is COc1cc(C2SCC(=O)N2c2nc(-c3ccc(Cl)cc3)cc(-c3c(C)nn(-c4ccccc4)c3C)n2)ccc1O. The van der Waals surface area contributed by atoms with Crippen molar-refractivity contribution in [3.8, 4) is 39.7 Å². The lowest BCUT2D eigenvalue weighted by Gasteiger charge is -2.24. The predicted octanol–water partition coefficient (Wildman–Crippen LogP) is 6.76. The first-order valence-electron chi connectivity index (χ1n) is 12.9. The number of ether oxygens (including phenoxy) is 1. The minimum Gasteiger partial charge on any atom is -0.504 e. The van der Waals surface area contributed by atoms with Crippen LogP contribution < -0.4 is 9.64 Å². The number of halogens is 1. The van der Waals surface area contributed by atoms with Crippen molar-refractivity contribution in [1.82, 2.24) is 19.7 Å². The maximum absolute atomic E-state index is 13.4. The Balaban J connectivity index is 1.52. The number of aromatic hydroxyl groups is 1. The number of rotatable bonds is 6. The van der Waals surface area contributed by atoms with Crippen LogP contribution in [-0.4, -0.2) is 43.6 Å². The van der Waals surface area contributed by atoms with E-state index in [9.17, 15) is 9.90 Å². The molecule has 1 N–H and O–H groups in total. The molecule has 6 rings (SSSR count). The smallest absolute Gasteiger partial charge is 0.240 e. The first-order chi connectivity index (χ1) is 19.8. The molecule has 5 aromatic rings. The fourth-order valence-corrected chi connectivity index (χ4v) is 6.27. The zero-order valence-electron chi connectivity index (χ0n) is 22.6. The highest BCUT2D eigenvalue weighted by molar-refractivity contribution is 8.00. The fourth-order valence-electron chi connectivity index (χ4n) is 5.01. The van der Waals surface area contributed by atoms with Gasteiger partial charge in [0.05, 0.1) is 41.3 Å². The highest BCUT2D eigenvalue weighted by Gasteiger charge is 2.37. The topological polar surface area (TPSA) is 93.4 Å². The van der Waals surface area contributed by atoms with Crippen molar-refractivity contribution in [1.29, 1.82) is 0 Å². The van der Waals surface area contributed by atoms with Crippen molar-refractivity contribution in [2.45, 2.75) is 19.2 Å². The molecule has 3 aromatic carbocycles. The van der Waals surface area contributed by atoms with Gasteiger partial charge in [-0.25, -0.2) is 14.6 Å². The molecule has 8 nitrogen and oxygen atoms in total. The number of methoxy groups -OCH3 is 1. The van der Waals surface area contributed by atoms with Gasteiger partial charge in [0.2, 0.25) is 11.9 Å². The Kier molecular flexibility index (Phi) is 7.15. The van der Waals surface area contributed by atoms with Crippen molar-refractivity contribution >= 4 is 35.2 Å². The Hall–Kier alpha value is -4.34. The van der Waals surface area contributed by atoms with Crippen LogP contribution in [0.25, 0.3) is 28.2 Å². The van der Waals surface area contributed by atoms with E-state index >= 15 is 0 Å². The molecule has 0 aliphatic carbocycles. The normalized spacial score (nSPS) is 15.0. The number of nitrogens with zero attached hydrogens (tertiary/aromatic N) is 5. The molecule has 1 aliphatic heterocycles. The molecule has 0 spiro atoms. The minimum absolute atomic E-state index is 0.0294. The molecule has 1 atom stereocenters. The van der Waals surface area contributed by atoms with Crippen LogP contribution in [0.1, 0.15) is 22.3 Å². The van der Waals surface area contributed by atoms with Crippen molar-refractivity contribution < 1.29 is 14.6 Å². The highest BCUT2D eigenvalue weighted by atomic mass is 35.5. The number of para-hydroxylation sites is 1. The predicted molar refractivity (Wildman–Crippen MR) is 162 cm³/mol. The minimum atomic E-state index is -0.403. The quantitative estimate of drug-likeness (QED) is 0.236. The first kappa shape index (κ1) is 26.9. The van der Waals surface area contributed by atoms with Crippen LogP contribution in [0.2, 0.25) is 5.02 Å².